The van der Waals surface area contributed by atoms with Crippen LogP contribution in [0.4, 0.5) is 0 Å². The number of rotatable bonds is 8. The van der Waals surface area contributed by atoms with Gasteiger partial charge in [-0.05, 0) is 51.0 Å². The summed E-state index contributed by atoms with van der Waals surface area (Å²) in [5.41, 5.74) is 3.58. The van der Waals surface area contributed by atoms with Crippen molar-refractivity contribution in [1.82, 2.24) is 24.9 Å². The number of aromatic nitrogens is 4. The molecule has 0 fully saturated rings. The van der Waals surface area contributed by atoms with Crippen LogP contribution in [0.2, 0.25) is 0 Å². The molecule has 0 aliphatic heterocycles. The van der Waals surface area contributed by atoms with Crippen molar-refractivity contribution in [2.45, 2.75) is 40.5 Å². The molecule has 1 amide bonds. The number of amides is 1. The molecule has 27 heavy (non-hydrogen) atoms. The molecule has 1 aromatic carbocycles. The van der Waals surface area contributed by atoms with E-state index in [4.69, 9.17) is 4.74 Å². The standard InChI is InChI=1S/C20H25N5O2/c1-15-7-4-5-8-19(15)27-14-24-12-9-18(23-24)20(26)21-10-6-11-25-17(3)13-16(2)22-25/h4-5,7-9,12-13H,6,10-11,14H2,1-3H3,(H,21,26). The summed E-state index contributed by atoms with van der Waals surface area (Å²) >= 11 is 0. The third-order valence-electron chi connectivity index (χ3n) is 4.25. The third-order valence-corrected chi connectivity index (χ3v) is 4.25. The monoisotopic (exact) mass is 367 g/mol. The highest BCUT2D eigenvalue weighted by molar-refractivity contribution is 5.92. The molecule has 0 unspecified atom stereocenters. The Hall–Kier alpha value is -3.09. The molecule has 3 rings (SSSR count). The Labute approximate surface area is 159 Å². The molecule has 0 atom stereocenters. The van der Waals surface area contributed by atoms with Gasteiger partial charge < -0.3 is 10.1 Å². The molecular formula is C20H25N5O2. The lowest BCUT2D eigenvalue weighted by atomic mass is 10.2. The summed E-state index contributed by atoms with van der Waals surface area (Å²) in [5.74, 6) is 0.626. The van der Waals surface area contributed by atoms with Gasteiger partial charge >= 0.3 is 0 Å². The van der Waals surface area contributed by atoms with E-state index < -0.39 is 0 Å². The zero-order chi connectivity index (χ0) is 19.2. The first-order chi connectivity index (χ1) is 13.0. The quantitative estimate of drug-likeness (QED) is 0.621. The number of aryl methyl sites for hydroxylation is 4. The first-order valence-electron chi connectivity index (χ1n) is 9.04. The Morgan fingerprint density at radius 3 is 2.70 bits per heavy atom. The second-order valence-electron chi connectivity index (χ2n) is 6.54. The van der Waals surface area contributed by atoms with E-state index in [0.717, 1.165) is 35.7 Å². The van der Waals surface area contributed by atoms with Crippen molar-refractivity contribution in [2.24, 2.45) is 0 Å². The normalized spacial score (nSPS) is 10.8. The van der Waals surface area contributed by atoms with Gasteiger partial charge in [-0.2, -0.15) is 10.2 Å². The van der Waals surface area contributed by atoms with Crippen molar-refractivity contribution in [3.05, 3.63) is 65.2 Å². The third kappa shape index (κ3) is 4.97. The van der Waals surface area contributed by atoms with Crippen LogP contribution in [0, 0.1) is 20.8 Å². The van der Waals surface area contributed by atoms with Crippen LogP contribution in [0.15, 0.2) is 42.6 Å². The van der Waals surface area contributed by atoms with Gasteiger partial charge in [0.25, 0.3) is 5.91 Å². The molecule has 0 bridgehead atoms. The molecule has 0 aliphatic carbocycles. The average Bonchev–Trinajstić information content (AvgIpc) is 3.24. The highest BCUT2D eigenvalue weighted by Gasteiger charge is 2.09. The zero-order valence-corrected chi connectivity index (χ0v) is 16.0. The van der Waals surface area contributed by atoms with E-state index in [-0.39, 0.29) is 12.6 Å². The van der Waals surface area contributed by atoms with Crippen LogP contribution in [-0.2, 0) is 13.3 Å². The summed E-state index contributed by atoms with van der Waals surface area (Å²) < 4.78 is 9.30. The molecular weight excluding hydrogens is 342 g/mol. The summed E-state index contributed by atoms with van der Waals surface area (Å²) in [6.45, 7) is 7.61. The van der Waals surface area contributed by atoms with Crippen LogP contribution in [0.5, 0.6) is 5.75 Å². The van der Waals surface area contributed by atoms with E-state index in [2.05, 4.69) is 15.5 Å². The Balaban J connectivity index is 1.44. The van der Waals surface area contributed by atoms with Crippen molar-refractivity contribution in [3.8, 4) is 5.75 Å². The molecule has 0 saturated carbocycles. The van der Waals surface area contributed by atoms with Crippen LogP contribution in [0.3, 0.4) is 0 Å². The highest BCUT2D eigenvalue weighted by Crippen LogP contribution is 2.16. The van der Waals surface area contributed by atoms with Crippen LogP contribution < -0.4 is 10.1 Å². The van der Waals surface area contributed by atoms with Gasteiger partial charge in [0.15, 0.2) is 6.73 Å². The molecule has 1 N–H and O–H groups in total. The van der Waals surface area contributed by atoms with Gasteiger partial charge in [0.1, 0.15) is 11.4 Å². The summed E-state index contributed by atoms with van der Waals surface area (Å²) in [7, 11) is 0. The zero-order valence-electron chi connectivity index (χ0n) is 16.0. The molecule has 0 spiro atoms. The lowest BCUT2D eigenvalue weighted by molar-refractivity contribution is 0.0945. The lowest BCUT2D eigenvalue weighted by Gasteiger charge is -2.08. The summed E-state index contributed by atoms with van der Waals surface area (Å²) in [4.78, 5) is 12.2. The number of carbonyl (C=O) groups excluding carboxylic acids is 1. The van der Waals surface area contributed by atoms with Crippen LogP contribution in [0.1, 0.15) is 33.9 Å². The lowest BCUT2D eigenvalue weighted by Crippen LogP contribution is -2.26. The van der Waals surface area contributed by atoms with E-state index in [1.54, 1.807) is 16.9 Å². The van der Waals surface area contributed by atoms with E-state index in [0.29, 0.717) is 12.2 Å². The predicted octanol–water partition coefficient (Wildman–Crippen LogP) is 2.86. The van der Waals surface area contributed by atoms with Gasteiger partial charge in [-0.25, -0.2) is 4.68 Å². The predicted molar refractivity (Wildman–Crippen MR) is 103 cm³/mol. The van der Waals surface area contributed by atoms with Gasteiger partial charge in [0, 0.05) is 25.0 Å². The minimum Gasteiger partial charge on any atom is -0.471 e. The maximum absolute atomic E-state index is 12.2. The summed E-state index contributed by atoms with van der Waals surface area (Å²) in [6, 6.07) is 11.5. The molecule has 2 aromatic heterocycles. The summed E-state index contributed by atoms with van der Waals surface area (Å²) in [5, 5.41) is 11.6. The fourth-order valence-electron chi connectivity index (χ4n) is 2.83. The first-order valence-corrected chi connectivity index (χ1v) is 9.04. The highest BCUT2D eigenvalue weighted by atomic mass is 16.5. The molecule has 0 radical (unpaired) electrons. The topological polar surface area (TPSA) is 74.0 Å². The number of para-hydroxylation sites is 1. The van der Waals surface area contributed by atoms with Crippen molar-refractivity contribution < 1.29 is 9.53 Å². The first kappa shape index (κ1) is 18.7. The van der Waals surface area contributed by atoms with Gasteiger partial charge in [-0.15, -0.1) is 0 Å². The van der Waals surface area contributed by atoms with Gasteiger partial charge in [-0.3, -0.25) is 9.48 Å². The smallest absolute Gasteiger partial charge is 0.271 e. The van der Waals surface area contributed by atoms with Crippen LogP contribution in [0.25, 0.3) is 0 Å². The van der Waals surface area contributed by atoms with Crippen LogP contribution >= 0.6 is 0 Å². The minimum atomic E-state index is -0.182. The maximum atomic E-state index is 12.2. The molecule has 142 valence electrons. The molecule has 3 aromatic rings. The van der Waals surface area contributed by atoms with Crippen molar-refractivity contribution in [2.75, 3.05) is 6.54 Å². The summed E-state index contributed by atoms with van der Waals surface area (Å²) in [6.07, 6.45) is 2.55. The maximum Gasteiger partial charge on any atom is 0.271 e. The van der Waals surface area contributed by atoms with Crippen LogP contribution in [-0.4, -0.2) is 32.0 Å². The Morgan fingerprint density at radius 2 is 1.96 bits per heavy atom. The minimum absolute atomic E-state index is 0.182. The second kappa shape index (κ2) is 8.53. The fourth-order valence-corrected chi connectivity index (χ4v) is 2.83. The van der Waals surface area contributed by atoms with Gasteiger partial charge in [-0.1, -0.05) is 18.2 Å². The number of benzene rings is 1. The number of nitrogens with zero attached hydrogens (tertiary/aromatic N) is 4. The van der Waals surface area contributed by atoms with Gasteiger partial charge in [0.2, 0.25) is 0 Å². The van der Waals surface area contributed by atoms with Crippen molar-refractivity contribution in [3.63, 3.8) is 0 Å². The van der Waals surface area contributed by atoms with E-state index in [1.807, 2.05) is 55.8 Å². The van der Waals surface area contributed by atoms with E-state index >= 15 is 0 Å². The largest absolute Gasteiger partial charge is 0.471 e. The fraction of sp³-hybridized carbons (Fsp3) is 0.350. The number of nitrogens with one attached hydrogen (secondary N) is 1. The average molecular weight is 367 g/mol. The molecule has 7 heteroatoms. The van der Waals surface area contributed by atoms with Gasteiger partial charge in [0.05, 0.1) is 5.69 Å². The van der Waals surface area contributed by atoms with Crippen molar-refractivity contribution >= 4 is 5.91 Å². The molecule has 7 nitrogen and oxygen atoms in total. The van der Waals surface area contributed by atoms with E-state index in [9.17, 15) is 4.79 Å². The molecule has 2 heterocycles. The second-order valence-corrected chi connectivity index (χ2v) is 6.54. The number of hydrogen-bond donors (Lipinski definition) is 1. The molecule has 0 aliphatic rings. The Bertz CT molecular complexity index is 913. The SMILES string of the molecule is Cc1cc(C)n(CCCNC(=O)c2ccn(COc3ccccc3C)n2)n1. The number of ether oxygens (including phenoxy) is 1. The Kier molecular flexibility index (Phi) is 5.90. The Morgan fingerprint density at radius 1 is 1.15 bits per heavy atom. The molecule has 0 saturated heterocycles. The number of hydrogen-bond acceptors (Lipinski definition) is 4. The van der Waals surface area contributed by atoms with Crippen molar-refractivity contribution in [1.29, 1.82) is 0 Å². The van der Waals surface area contributed by atoms with E-state index in [1.165, 1.54) is 0 Å². The number of carbonyl (C=O) groups is 1.